The van der Waals surface area contributed by atoms with Crippen molar-refractivity contribution in [3.63, 3.8) is 0 Å². The number of thioether (sulfide) groups is 1. The number of fused-ring (bicyclic) bond motifs is 1. The Morgan fingerprint density at radius 1 is 0.936 bits per heavy atom. The van der Waals surface area contributed by atoms with Crippen LogP contribution in [0.5, 0.6) is 0 Å². The molecule has 2 amide bonds. The number of anilines is 2. The quantitative estimate of drug-likeness (QED) is 0.151. The van der Waals surface area contributed by atoms with Crippen molar-refractivity contribution < 1.29 is 35.1 Å². The molecule has 2 aromatic rings. The summed E-state index contributed by atoms with van der Waals surface area (Å²) in [6, 6.07) is 12.3. The highest BCUT2D eigenvalue weighted by atomic mass is 35.5. The number of carbonyl (C=O) groups excluding carboxylic acids is 2. The first-order chi connectivity index (χ1) is 22.6. The zero-order chi connectivity index (χ0) is 33.7. The Kier molecular flexibility index (Phi) is 12.7. The number of aliphatic hydroxyl groups excluding tert-OH is 5. The fourth-order valence-corrected chi connectivity index (χ4v) is 7.89. The minimum atomic E-state index is -1.75. The highest BCUT2D eigenvalue weighted by Crippen LogP contribution is 2.41. The van der Waals surface area contributed by atoms with Gasteiger partial charge in [-0.15, -0.1) is 11.8 Å². The van der Waals surface area contributed by atoms with E-state index in [0.717, 1.165) is 40.7 Å². The van der Waals surface area contributed by atoms with Crippen LogP contribution in [0.1, 0.15) is 43.2 Å². The van der Waals surface area contributed by atoms with Gasteiger partial charge in [0.15, 0.2) is 0 Å². The second-order valence-electron chi connectivity index (χ2n) is 12.5. The largest absolute Gasteiger partial charge is 0.394 e. The van der Waals surface area contributed by atoms with E-state index in [4.69, 9.17) is 28.3 Å². The van der Waals surface area contributed by atoms with Crippen molar-refractivity contribution in [2.75, 3.05) is 47.7 Å². The molecular weight excluding hydrogens is 667 g/mol. The number of nitrogens with zero attached hydrogens (tertiary/aromatic N) is 3. The van der Waals surface area contributed by atoms with Gasteiger partial charge in [-0.2, -0.15) is 0 Å². The standard InChI is InChI=1S/C33H44Cl2N4O7S/c34-23-14-21(24(35)13-20(23)5-1-4-8-30(43)36-15-28(41)31(44)32(45)29(42)17-40)16-37-19-47-18-27(37)33(46)39-12-11-38(22-9-10-22)25-6-2-3-7-26(25)39/h2-3,6-7,13-14,22,27-29,31-32,40-42,44-45H,1,4-5,8-12,15-19H2,(H,36,43)/t27?,28-,29+,31+,32+/m0/s1. The molecule has 5 rings (SSSR count). The highest BCUT2D eigenvalue weighted by molar-refractivity contribution is 7.99. The Hall–Kier alpha value is -2.13. The summed E-state index contributed by atoms with van der Waals surface area (Å²) in [6.45, 7) is 0.933. The van der Waals surface area contributed by atoms with E-state index in [2.05, 4.69) is 21.2 Å². The van der Waals surface area contributed by atoms with E-state index in [0.29, 0.717) is 48.4 Å². The molecule has 0 spiro atoms. The topological polar surface area (TPSA) is 157 Å². The summed E-state index contributed by atoms with van der Waals surface area (Å²) >= 11 is 15.2. The third-order valence-corrected chi connectivity index (χ3v) is 10.9. The summed E-state index contributed by atoms with van der Waals surface area (Å²) in [5.41, 5.74) is 3.85. The fraction of sp³-hybridized carbons (Fsp3) is 0.576. The number of aryl methyl sites for hydroxylation is 1. The predicted octanol–water partition coefficient (Wildman–Crippen LogP) is 2.15. The van der Waals surface area contributed by atoms with Crippen LogP contribution >= 0.6 is 35.0 Å². The average Bonchev–Trinajstić information content (AvgIpc) is 3.82. The van der Waals surface area contributed by atoms with Crippen molar-refractivity contribution in [1.29, 1.82) is 0 Å². The first kappa shape index (κ1) is 36.2. The number of carbonyl (C=O) groups is 2. The molecule has 14 heteroatoms. The van der Waals surface area contributed by atoms with Crippen LogP contribution in [0.4, 0.5) is 11.4 Å². The minimum absolute atomic E-state index is 0.115. The zero-order valence-corrected chi connectivity index (χ0v) is 28.5. The maximum absolute atomic E-state index is 13.9. The van der Waals surface area contributed by atoms with Crippen LogP contribution in [0.25, 0.3) is 0 Å². The Morgan fingerprint density at radius 3 is 2.34 bits per heavy atom. The van der Waals surface area contributed by atoms with Crippen LogP contribution in [0.2, 0.25) is 10.0 Å². The number of benzene rings is 2. The van der Waals surface area contributed by atoms with E-state index in [9.17, 15) is 30.0 Å². The summed E-state index contributed by atoms with van der Waals surface area (Å²) in [7, 11) is 0. The summed E-state index contributed by atoms with van der Waals surface area (Å²) in [6.07, 6.45) is -2.20. The Balaban J connectivity index is 1.10. The van der Waals surface area contributed by atoms with Crippen molar-refractivity contribution in [2.45, 2.75) is 81.6 Å². The van der Waals surface area contributed by atoms with Gasteiger partial charge in [0.05, 0.1) is 30.1 Å². The lowest BCUT2D eigenvalue weighted by Gasteiger charge is -2.39. The van der Waals surface area contributed by atoms with Gasteiger partial charge in [-0.25, -0.2) is 0 Å². The smallest absolute Gasteiger partial charge is 0.245 e. The molecule has 258 valence electrons. The molecule has 1 unspecified atom stereocenters. The molecule has 6 N–H and O–H groups in total. The fourth-order valence-electron chi connectivity index (χ4n) is 6.17. The normalized spacial score (nSPS) is 20.9. The third kappa shape index (κ3) is 8.92. The molecule has 1 saturated heterocycles. The van der Waals surface area contributed by atoms with Crippen LogP contribution in [0.3, 0.4) is 0 Å². The van der Waals surface area contributed by atoms with Gasteiger partial charge in [0, 0.05) is 60.3 Å². The predicted molar refractivity (Wildman–Crippen MR) is 184 cm³/mol. The number of amides is 2. The van der Waals surface area contributed by atoms with Gasteiger partial charge in [0.1, 0.15) is 18.3 Å². The molecule has 0 bridgehead atoms. The van der Waals surface area contributed by atoms with Crippen LogP contribution in [0, 0.1) is 0 Å². The molecule has 3 aliphatic rings. The number of unbranched alkanes of at least 4 members (excludes halogenated alkanes) is 1. The second-order valence-corrected chi connectivity index (χ2v) is 14.3. The molecule has 2 heterocycles. The van der Waals surface area contributed by atoms with Crippen molar-refractivity contribution in [3.05, 3.63) is 57.6 Å². The first-order valence-corrected chi connectivity index (χ1v) is 18.1. The molecule has 47 heavy (non-hydrogen) atoms. The van der Waals surface area contributed by atoms with Crippen LogP contribution < -0.4 is 15.1 Å². The number of hydrogen-bond acceptors (Lipinski definition) is 10. The van der Waals surface area contributed by atoms with Gasteiger partial charge in [0.25, 0.3) is 0 Å². The van der Waals surface area contributed by atoms with Crippen molar-refractivity contribution in [2.24, 2.45) is 0 Å². The van der Waals surface area contributed by atoms with E-state index in [-0.39, 0.29) is 30.8 Å². The van der Waals surface area contributed by atoms with Gasteiger partial charge >= 0.3 is 0 Å². The van der Waals surface area contributed by atoms with Crippen molar-refractivity contribution in [1.82, 2.24) is 10.2 Å². The van der Waals surface area contributed by atoms with Gasteiger partial charge in [-0.05, 0) is 67.5 Å². The summed E-state index contributed by atoms with van der Waals surface area (Å²) in [5, 5.41) is 51.5. The lowest BCUT2D eigenvalue weighted by atomic mass is 10.0. The van der Waals surface area contributed by atoms with E-state index in [1.54, 1.807) is 11.8 Å². The van der Waals surface area contributed by atoms with Crippen LogP contribution in [-0.4, -0.2) is 117 Å². The van der Waals surface area contributed by atoms with E-state index >= 15 is 0 Å². The number of hydrogen-bond donors (Lipinski definition) is 6. The zero-order valence-electron chi connectivity index (χ0n) is 26.2. The molecule has 11 nitrogen and oxygen atoms in total. The lowest BCUT2D eigenvalue weighted by Crippen LogP contribution is -2.52. The molecule has 2 aromatic carbocycles. The van der Waals surface area contributed by atoms with Gasteiger partial charge in [-0.1, -0.05) is 35.3 Å². The Morgan fingerprint density at radius 2 is 1.62 bits per heavy atom. The number of halogens is 2. The number of aliphatic hydroxyl groups is 5. The third-order valence-electron chi connectivity index (χ3n) is 9.08. The molecule has 2 fully saturated rings. The van der Waals surface area contributed by atoms with Gasteiger partial charge in [0.2, 0.25) is 11.8 Å². The summed E-state index contributed by atoms with van der Waals surface area (Å²) in [4.78, 5) is 32.7. The molecule has 5 atom stereocenters. The maximum Gasteiger partial charge on any atom is 0.245 e. The second kappa shape index (κ2) is 16.5. The molecular formula is C33H44Cl2N4O7S. The molecule has 1 saturated carbocycles. The van der Waals surface area contributed by atoms with Crippen molar-refractivity contribution >= 4 is 58.2 Å². The molecule has 1 aliphatic carbocycles. The number of nitrogens with one attached hydrogen (secondary N) is 1. The Labute approximate surface area is 289 Å². The van der Waals surface area contributed by atoms with Gasteiger partial charge in [-0.3, -0.25) is 14.5 Å². The number of para-hydroxylation sites is 2. The average molecular weight is 712 g/mol. The highest BCUT2D eigenvalue weighted by Gasteiger charge is 2.40. The van der Waals surface area contributed by atoms with Crippen molar-refractivity contribution in [3.8, 4) is 0 Å². The van der Waals surface area contributed by atoms with Gasteiger partial charge < -0.3 is 40.6 Å². The van der Waals surface area contributed by atoms with Crippen LogP contribution in [0.15, 0.2) is 36.4 Å². The lowest BCUT2D eigenvalue weighted by molar-refractivity contribution is -0.126. The molecule has 0 aromatic heterocycles. The van der Waals surface area contributed by atoms with E-state index in [1.807, 2.05) is 35.2 Å². The molecule has 2 aliphatic heterocycles. The number of rotatable bonds is 15. The summed E-state index contributed by atoms with van der Waals surface area (Å²) < 4.78 is 0. The minimum Gasteiger partial charge on any atom is -0.394 e. The van der Waals surface area contributed by atoms with E-state index < -0.39 is 31.0 Å². The summed E-state index contributed by atoms with van der Waals surface area (Å²) in [5.74, 6) is 1.21. The van der Waals surface area contributed by atoms with E-state index in [1.165, 1.54) is 12.8 Å². The van der Waals surface area contributed by atoms with Crippen LogP contribution in [-0.2, 0) is 22.6 Å². The maximum atomic E-state index is 13.9. The molecule has 0 radical (unpaired) electrons. The SMILES string of the molecule is O=C(CCCCc1cc(Cl)c(CN2CSCC2C(=O)N2CCN(C3CC3)c3ccccc32)cc1Cl)NC[C@H](O)[C@@H](O)[C@H](O)[C@H](O)CO. The monoisotopic (exact) mass is 710 g/mol. The first-order valence-electron chi connectivity index (χ1n) is 16.1. The Bertz CT molecular complexity index is 1400.